The third-order valence-corrected chi connectivity index (χ3v) is 1.73. The first kappa shape index (κ1) is 10.1. The van der Waals surface area contributed by atoms with Crippen LogP contribution in [0.15, 0.2) is 30.3 Å². The summed E-state index contributed by atoms with van der Waals surface area (Å²) in [5.41, 5.74) is 0.666. The van der Waals surface area contributed by atoms with Crippen molar-refractivity contribution in [2.75, 3.05) is 6.54 Å². The third-order valence-electron chi connectivity index (χ3n) is 1.58. The summed E-state index contributed by atoms with van der Waals surface area (Å²) in [6, 6.07) is 9.08. The van der Waals surface area contributed by atoms with Crippen LogP contribution in [0.3, 0.4) is 0 Å². The van der Waals surface area contributed by atoms with Gasteiger partial charge < -0.3 is 5.32 Å². The summed E-state index contributed by atoms with van der Waals surface area (Å²) in [6.07, 6.45) is 0. The molecule has 0 aliphatic rings. The van der Waals surface area contributed by atoms with Gasteiger partial charge in [-0.05, 0) is 19.1 Å². The first-order chi connectivity index (χ1) is 6.20. The van der Waals surface area contributed by atoms with Gasteiger partial charge in [0.2, 0.25) is 0 Å². The minimum absolute atomic E-state index is 0.0346. The van der Waals surface area contributed by atoms with E-state index in [1.165, 1.54) is 0 Å². The smallest absolute Gasteiger partial charge is 0.251 e. The topological polar surface area (TPSA) is 29.1 Å². The van der Waals surface area contributed by atoms with Crippen molar-refractivity contribution in [1.82, 2.24) is 5.32 Å². The van der Waals surface area contributed by atoms with E-state index >= 15 is 0 Å². The summed E-state index contributed by atoms with van der Waals surface area (Å²) in [7, 11) is 0. The fourth-order valence-corrected chi connectivity index (χ4v) is 1.00. The van der Waals surface area contributed by atoms with Crippen LogP contribution in [-0.4, -0.2) is 17.8 Å². The van der Waals surface area contributed by atoms with Crippen LogP contribution >= 0.6 is 11.6 Å². The molecular formula is C10H12ClNO. The number of nitrogens with one attached hydrogen (secondary N) is 1. The van der Waals surface area contributed by atoms with Crippen LogP contribution < -0.4 is 5.32 Å². The van der Waals surface area contributed by atoms with Gasteiger partial charge in [-0.3, -0.25) is 4.79 Å². The molecule has 13 heavy (non-hydrogen) atoms. The van der Waals surface area contributed by atoms with Crippen molar-refractivity contribution in [1.29, 1.82) is 0 Å². The molecule has 0 fully saturated rings. The van der Waals surface area contributed by atoms with Gasteiger partial charge >= 0.3 is 0 Å². The van der Waals surface area contributed by atoms with Gasteiger partial charge in [-0.15, -0.1) is 11.6 Å². The number of amides is 1. The van der Waals surface area contributed by atoms with Gasteiger partial charge in [0.05, 0.1) is 0 Å². The quantitative estimate of drug-likeness (QED) is 0.739. The number of carbonyl (C=O) groups excluding carboxylic acids is 1. The van der Waals surface area contributed by atoms with E-state index in [0.717, 1.165) is 0 Å². The normalized spacial score (nSPS) is 12.2. The Morgan fingerprint density at radius 2 is 2.08 bits per heavy atom. The highest BCUT2D eigenvalue weighted by Crippen LogP contribution is 1.98. The molecule has 1 N–H and O–H groups in total. The Bertz CT molecular complexity index is 272. The lowest BCUT2D eigenvalue weighted by Crippen LogP contribution is -2.28. The highest BCUT2D eigenvalue weighted by Gasteiger charge is 2.04. The molecule has 0 spiro atoms. The molecule has 1 atom stereocenters. The molecule has 70 valence electrons. The molecule has 1 aromatic carbocycles. The summed E-state index contributed by atoms with van der Waals surface area (Å²) in [6.45, 7) is 2.34. The molecular weight excluding hydrogens is 186 g/mol. The van der Waals surface area contributed by atoms with Crippen molar-refractivity contribution in [3.05, 3.63) is 35.9 Å². The largest absolute Gasteiger partial charge is 0.351 e. The molecule has 0 radical (unpaired) electrons. The van der Waals surface area contributed by atoms with E-state index in [9.17, 15) is 4.79 Å². The highest BCUT2D eigenvalue weighted by atomic mass is 35.5. The third kappa shape index (κ3) is 3.47. The zero-order valence-corrected chi connectivity index (χ0v) is 8.21. The van der Waals surface area contributed by atoms with Crippen molar-refractivity contribution in [2.24, 2.45) is 0 Å². The molecule has 1 unspecified atom stereocenters. The molecule has 0 aliphatic carbocycles. The maximum absolute atomic E-state index is 11.4. The maximum Gasteiger partial charge on any atom is 0.251 e. The lowest BCUT2D eigenvalue weighted by molar-refractivity contribution is 0.0954. The number of halogens is 1. The van der Waals surface area contributed by atoms with Gasteiger partial charge in [-0.2, -0.15) is 0 Å². The van der Waals surface area contributed by atoms with Crippen LogP contribution in [-0.2, 0) is 0 Å². The fourth-order valence-electron chi connectivity index (χ4n) is 0.925. The Hall–Kier alpha value is -1.02. The van der Waals surface area contributed by atoms with E-state index in [4.69, 9.17) is 11.6 Å². The SMILES string of the molecule is CC(Cl)CNC(=O)c1ccccc1. The van der Waals surface area contributed by atoms with Crippen LogP contribution in [0.1, 0.15) is 17.3 Å². The van der Waals surface area contributed by atoms with E-state index in [1.807, 2.05) is 25.1 Å². The monoisotopic (exact) mass is 197 g/mol. The molecule has 1 amide bonds. The molecule has 1 aromatic rings. The first-order valence-electron chi connectivity index (χ1n) is 4.17. The van der Waals surface area contributed by atoms with Gasteiger partial charge in [-0.1, -0.05) is 18.2 Å². The molecule has 0 aliphatic heterocycles. The summed E-state index contributed by atoms with van der Waals surface area (Å²) in [4.78, 5) is 11.4. The van der Waals surface area contributed by atoms with Gasteiger partial charge in [0, 0.05) is 17.5 Å². The van der Waals surface area contributed by atoms with E-state index in [-0.39, 0.29) is 11.3 Å². The highest BCUT2D eigenvalue weighted by molar-refractivity contribution is 6.20. The Morgan fingerprint density at radius 1 is 1.46 bits per heavy atom. The summed E-state index contributed by atoms with van der Waals surface area (Å²) >= 11 is 5.69. The van der Waals surface area contributed by atoms with Crippen LogP contribution in [0.25, 0.3) is 0 Å². The van der Waals surface area contributed by atoms with Crippen LogP contribution in [0.2, 0.25) is 0 Å². The minimum Gasteiger partial charge on any atom is -0.351 e. The lowest BCUT2D eigenvalue weighted by Gasteiger charge is -2.05. The van der Waals surface area contributed by atoms with Crippen molar-refractivity contribution < 1.29 is 4.79 Å². The van der Waals surface area contributed by atoms with Crippen molar-refractivity contribution in [3.63, 3.8) is 0 Å². The second kappa shape index (κ2) is 4.87. The maximum atomic E-state index is 11.4. The Balaban J connectivity index is 2.50. The van der Waals surface area contributed by atoms with Crippen molar-refractivity contribution in [3.8, 4) is 0 Å². The number of hydrogen-bond donors (Lipinski definition) is 1. The Kier molecular flexibility index (Phi) is 3.77. The molecule has 0 heterocycles. The van der Waals surface area contributed by atoms with E-state index in [2.05, 4.69) is 5.32 Å². The van der Waals surface area contributed by atoms with Crippen LogP contribution in [0.4, 0.5) is 0 Å². The number of hydrogen-bond acceptors (Lipinski definition) is 1. The molecule has 0 aromatic heterocycles. The van der Waals surface area contributed by atoms with Gasteiger partial charge in [0.25, 0.3) is 5.91 Å². The Labute approximate surface area is 82.9 Å². The minimum atomic E-state index is -0.0758. The van der Waals surface area contributed by atoms with E-state index in [1.54, 1.807) is 12.1 Å². The first-order valence-corrected chi connectivity index (χ1v) is 4.61. The van der Waals surface area contributed by atoms with E-state index < -0.39 is 0 Å². The zero-order chi connectivity index (χ0) is 9.68. The number of alkyl halides is 1. The summed E-state index contributed by atoms with van der Waals surface area (Å²) in [5.74, 6) is -0.0758. The molecule has 1 rings (SSSR count). The molecule has 0 bridgehead atoms. The van der Waals surface area contributed by atoms with Gasteiger partial charge in [0.1, 0.15) is 0 Å². The lowest BCUT2D eigenvalue weighted by atomic mass is 10.2. The van der Waals surface area contributed by atoms with Gasteiger partial charge in [0.15, 0.2) is 0 Å². The standard InChI is InChI=1S/C10H12ClNO/c1-8(11)7-12-10(13)9-5-3-2-4-6-9/h2-6,8H,7H2,1H3,(H,12,13). The molecule has 2 nitrogen and oxygen atoms in total. The van der Waals surface area contributed by atoms with E-state index in [0.29, 0.717) is 12.1 Å². The van der Waals surface area contributed by atoms with Crippen LogP contribution in [0, 0.1) is 0 Å². The van der Waals surface area contributed by atoms with Crippen molar-refractivity contribution in [2.45, 2.75) is 12.3 Å². The second-order valence-electron chi connectivity index (χ2n) is 2.86. The fraction of sp³-hybridized carbons (Fsp3) is 0.300. The number of rotatable bonds is 3. The average Bonchev–Trinajstić information content (AvgIpc) is 2.15. The van der Waals surface area contributed by atoms with Crippen LogP contribution in [0.5, 0.6) is 0 Å². The molecule has 0 saturated heterocycles. The molecule has 0 saturated carbocycles. The molecule has 3 heteroatoms. The van der Waals surface area contributed by atoms with Gasteiger partial charge in [-0.25, -0.2) is 0 Å². The van der Waals surface area contributed by atoms with Crippen molar-refractivity contribution >= 4 is 17.5 Å². The number of carbonyl (C=O) groups is 1. The second-order valence-corrected chi connectivity index (χ2v) is 3.60. The Morgan fingerprint density at radius 3 is 2.62 bits per heavy atom. The average molecular weight is 198 g/mol. The number of benzene rings is 1. The summed E-state index contributed by atoms with van der Waals surface area (Å²) in [5, 5.41) is 2.69. The predicted octanol–water partition coefficient (Wildman–Crippen LogP) is 2.04. The zero-order valence-electron chi connectivity index (χ0n) is 7.46. The predicted molar refractivity (Wildman–Crippen MR) is 54.1 cm³/mol. The summed E-state index contributed by atoms with van der Waals surface area (Å²) < 4.78 is 0.